The largest absolute Gasteiger partial charge is 0.468 e. The van der Waals surface area contributed by atoms with Crippen molar-refractivity contribution in [3.8, 4) is 5.75 Å². The summed E-state index contributed by atoms with van der Waals surface area (Å²) in [5.41, 5.74) is 1.92. The molecule has 0 radical (unpaired) electrons. The van der Waals surface area contributed by atoms with Gasteiger partial charge in [-0.25, -0.2) is 0 Å². The molecule has 5 heteroatoms. The number of carbonyl (C=O) groups is 2. The number of carbonyl (C=O) groups excluding carboxylic acids is 2. The quantitative estimate of drug-likeness (QED) is 0.651. The highest BCUT2D eigenvalue weighted by molar-refractivity contribution is 6.08. The molecule has 2 aromatic carbocycles. The minimum atomic E-state index is -0.806. The second-order valence-corrected chi connectivity index (χ2v) is 7.70. The topological polar surface area (TPSA) is 58.6 Å². The van der Waals surface area contributed by atoms with Gasteiger partial charge in [-0.05, 0) is 37.6 Å². The fourth-order valence-electron chi connectivity index (χ4n) is 4.28. The van der Waals surface area contributed by atoms with Gasteiger partial charge in [-0.15, -0.1) is 6.58 Å². The van der Waals surface area contributed by atoms with Gasteiger partial charge in [0.15, 0.2) is 5.72 Å². The number of rotatable bonds is 4. The zero-order valence-electron chi connectivity index (χ0n) is 16.1. The van der Waals surface area contributed by atoms with Crippen molar-refractivity contribution >= 4 is 17.5 Å². The summed E-state index contributed by atoms with van der Waals surface area (Å²) in [4.78, 5) is 28.2. The van der Waals surface area contributed by atoms with Crippen molar-refractivity contribution in [3.63, 3.8) is 0 Å². The number of hydrogen-bond donors (Lipinski definition) is 1. The van der Waals surface area contributed by atoms with Crippen molar-refractivity contribution in [3.05, 3.63) is 72.3 Å². The highest BCUT2D eigenvalue weighted by Crippen LogP contribution is 2.50. The second kappa shape index (κ2) is 6.82. The molecule has 0 aromatic heterocycles. The Morgan fingerprint density at radius 1 is 1.29 bits per heavy atom. The van der Waals surface area contributed by atoms with Crippen LogP contribution < -0.4 is 10.1 Å². The van der Waals surface area contributed by atoms with Crippen LogP contribution in [-0.4, -0.2) is 29.0 Å². The number of ether oxygens (including phenoxy) is 1. The predicted octanol–water partition coefficient (Wildman–Crippen LogP) is 3.86. The van der Waals surface area contributed by atoms with Crippen LogP contribution in [0.3, 0.4) is 0 Å². The fourth-order valence-corrected chi connectivity index (χ4v) is 4.28. The van der Waals surface area contributed by atoms with Gasteiger partial charge in [0, 0.05) is 24.6 Å². The van der Waals surface area contributed by atoms with Gasteiger partial charge in [0.1, 0.15) is 11.7 Å². The van der Waals surface area contributed by atoms with Gasteiger partial charge in [0.25, 0.3) is 0 Å². The minimum absolute atomic E-state index is 0.224. The maximum atomic E-state index is 13.4. The van der Waals surface area contributed by atoms with Crippen molar-refractivity contribution in [2.24, 2.45) is 5.92 Å². The zero-order valence-corrected chi connectivity index (χ0v) is 16.1. The van der Waals surface area contributed by atoms with E-state index in [0.717, 1.165) is 16.9 Å². The van der Waals surface area contributed by atoms with Gasteiger partial charge < -0.3 is 15.0 Å². The summed E-state index contributed by atoms with van der Waals surface area (Å²) in [5.74, 6) is -0.811. The number of hydrogen-bond acceptors (Lipinski definition) is 3. The predicted molar refractivity (Wildman–Crippen MR) is 108 cm³/mol. The molecule has 28 heavy (non-hydrogen) atoms. The summed E-state index contributed by atoms with van der Waals surface area (Å²) in [6.45, 7) is 8.00. The number of nitrogens with zero attached hydrogens (tertiary/aromatic N) is 1. The standard InChI is InChI=1S/C23H24N2O3/c1-4-13-25-22(27)20(21(26)24-16-11-9-15(2)10-12-16)18-14-23(25,3)28-19-8-6-5-7-17(18)19/h4-12,18,20H,1,13-14H2,2-3H3,(H,24,26). The van der Waals surface area contributed by atoms with Gasteiger partial charge in [-0.3, -0.25) is 9.59 Å². The third-order valence-electron chi connectivity index (χ3n) is 5.67. The van der Waals surface area contributed by atoms with E-state index < -0.39 is 11.6 Å². The van der Waals surface area contributed by atoms with Crippen molar-refractivity contribution in [2.45, 2.75) is 31.9 Å². The lowest BCUT2D eigenvalue weighted by molar-refractivity contribution is -0.173. The molecule has 3 unspecified atom stereocenters. The van der Waals surface area contributed by atoms with Crippen LogP contribution in [0.25, 0.3) is 0 Å². The third kappa shape index (κ3) is 2.97. The highest BCUT2D eigenvalue weighted by atomic mass is 16.5. The summed E-state index contributed by atoms with van der Waals surface area (Å²) in [6, 6.07) is 15.2. The highest BCUT2D eigenvalue weighted by Gasteiger charge is 2.55. The summed E-state index contributed by atoms with van der Waals surface area (Å²) in [6.07, 6.45) is 2.23. The van der Waals surface area contributed by atoms with Crippen LogP contribution in [0.1, 0.15) is 30.4 Å². The first kappa shape index (κ1) is 18.3. The van der Waals surface area contributed by atoms with E-state index in [1.54, 1.807) is 11.0 Å². The van der Waals surface area contributed by atoms with E-state index in [1.165, 1.54) is 0 Å². The Bertz CT molecular complexity index is 937. The van der Waals surface area contributed by atoms with Crippen LogP contribution in [0.5, 0.6) is 5.75 Å². The molecule has 2 heterocycles. The van der Waals surface area contributed by atoms with Gasteiger partial charge in [-0.2, -0.15) is 0 Å². The Labute approximate surface area is 165 Å². The smallest absolute Gasteiger partial charge is 0.239 e. The number of piperidine rings is 1. The van der Waals surface area contributed by atoms with E-state index in [0.29, 0.717) is 18.7 Å². The molecule has 2 aliphatic rings. The van der Waals surface area contributed by atoms with Crippen LogP contribution in [0.2, 0.25) is 0 Å². The van der Waals surface area contributed by atoms with Gasteiger partial charge >= 0.3 is 0 Å². The zero-order chi connectivity index (χ0) is 19.9. The number of para-hydroxylation sites is 1. The number of benzene rings is 2. The SMILES string of the molecule is C=CCN1C(=O)C(C(=O)Nc2ccc(C)cc2)C2CC1(C)Oc1ccccc12. The lowest BCUT2D eigenvalue weighted by Crippen LogP contribution is -2.64. The molecule has 1 saturated heterocycles. The van der Waals surface area contributed by atoms with E-state index in [2.05, 4.69) is 11.9 Å². The molecule has 0 aliphatic carbocycles. The normalized spacial score (nSPS) is 25.5. The maximum Gasteiger partial charge on any atom is 0.239 e. The van der Waals surface area contributed by atoms with E-state index in [1.807, 2.05) is 62.4 Å². The van der Waals surface area contributed by atoms with Crippen LogP contribution >= 0.6 is 0 Å². The van der Waals surface area contributed by atoms with Crippen molar-refractivity contribution in [2.75, 3.05) is 11.9 Å². The average molecular weight is 376 g/mol. The summed E-state index contributed by atoms with van der Waals surface area (Å²) in [5, 5.41) is 2.93. The number of likely N-dealkylation sites (tertiary alicyclic amines) is 1. The van der Waals surface area contributed by atoms with Crippen LogP contribution in [0.15, 0.2) is 61.2 Å². The summed E-state index contributed by atoms with van der Waals surface area (Å²) >= 11 is 0. The van der Waals surface area contributed by atoms with Gasteiger partial charge in [-0.1, -0.05) is 42.0 Å². The average Bonchev–Trinajstić information content (AvgIpc) is 2.67. The Kier molecular flexibility index (Phi) is 4.46. The molecule has 4 rings (SSSR count). The molecule has 2 bridgehead atoms. The molecule has 3 atom stereocenters. The number of anilines is 1. The van der Waals surface area contributed by atoms with Crippen molar-refractivity contribution in [1.29, 1.82) is 0 Å². The van der Waals surface area contributed by atoms with Crippen molar-refractivity contribution < 1.29 is 14.3 Å². The van der Waals surface area contributed by atoms with Crippen LogP contribution in [0.4, 0.5) is 5.69 Å². The molecule has 1 N–H and O–H groups in total. The Hall–Kier alpha value is -3.08. The maximum absolute atomic E-state index is 13.4. The summed E-state index contributed by atoms with van der Waals surface area (Å²) < 4.78 is 6.21. The number of nitrogens with one attached hydrogen (secondary N) is 1. The number of fused-ring (bicyclic) bond motifs is 4. The monoisotopic (exact) mass is 376 g/mol. The van der Waals surface area contributed by atoms with E-state index in [9.17, 15) is 9.59 Å². The lowest BCUT2D eigenvalue weighted by atomic mass is 9.73. The first-order valence-electron chi connectivity index (χ1n) is 9.51. The second-order valence-electron chi connectivity index (χ2n) is 7.70. The Balaban J connectivity index is 1.73. The molecule has 2 aromatic rings. The molecule has 2 amide bonds. The minimum Gasteiger partial charge on any atom is -0.468 e. The molecule has 0 saturated carbocycles. The molecule has 2 aliphatic heterocycles. The summed E-state index contributed by atoms with van der Waals surface area (Å²) in [7, 11) is 0. The Morgan fingerprint density at radius 3 is 2.71 bits per heavy atom. The molecule has 0 spiro atoms. The van der Waals surface area contributed by atoms with Crippen LogP contribution in [-0.2, 0) is 9.59 Å². The molecule has 1 fully saturated rings. The fraction of sp³-hybridized carbons (Fsp3) is 0.304. The number of aryl methyl sites for hydroxylation is 1. The van der Waals surface area contributed by atoms with E-state index in [-0.39, 0.29) is 17.7 Å². The number of amides is 2. The molecule has 5 nitrogen and oxygen atoms in total. The Morgan fingerprint density at radius 2 is 2.00 bits per heavy atom. The van der Waals surface area contributed by atoms with Gasteiger partial charge in [0.05, 0.1) is 0 Å². The lowest BCUT2D eigenvalue weighted by Gasteiger charge is -2.52. The first-order valence-corrected chi connectivity index (χ1v) is 9.51. The third-order valence-corrected chi connectivity index (χ3v) is 5.67. The first-order chi connectivity index (χ1) is 13.4. The van der Waals surface area contributed by atoms with Gasteiger partial charge in [0.2, 0.25) is 11.8 Å². The van der Waals surface area contributed by atoms with Crippen molar-refractivity contribution in [1.82, 2.24) is 4.90 Å². The van der Waals surface area contributed by atoms with E-state index >= 15 is 0 Å². The van der Waals surface area contributed by atoms with E-state index in [4.69, 9.17) is 4.74 Å². The molecule has 144 valence electrons. The molecular formula is C23H24N2O3. The molecular weight excluding hydrogens is 352 g/mol. The van der Waals surface area contributed by atoms with Crippen LogP contribution in [0, 0.1) is 12.8 Å².